The molecule has 31 heavy (non-hydrogen) atoms. The lowest BCUT2D eigenvalue weighted by molar-refractivity contribution is -0.149. The Hall–Kier alpha value is -2.75. The second kappa shape index (κ2) is 8.07. The molecule has 9 heteroatoms. The zero-order valence-corrected chi connectivity index (χ0v) is 17.7. The molecule has 1 saturated carbocycles. The van der Waals surface area contributed by atoms with E-state index < -0.39 is 37.9 Å². The van der Waals surface area contributed by atoms with E-state index in [4.69, 9.17) is 4.74 Å². The molecule has 0 saturated heterocycles. The molecule has 1 fully saturated rings. The standard InChI is InChI=1S/C22H23FN2O5S/c1-2-24-13-7-9-15-8-3-6-12-19(15)31(28,29)25(23)22(21(26)27)17-14-30-18-11-5-4-10-16(18)20(17)22/h3-12,17,20,24H,2,13-14H2,1H3,(H,26,27)/b9-7-/t17-,20-,22?/m0/s1. The number of hydrogen-bond donors (Lipinski definition) is 2. The third kappa shape index (κ3) is 3.33. The summed E-state index contributed by atoms with van der Waals surface area (Å²) in [6, 6.07) is 12.7. The molecule has 0 bridgehead atoms. The normalized spacial score (nSPS) is 24.5. The number of nitrogens with zero attached hydrogens (tertiary/aromatic N) is 1. The molecule has 3 atom stereocenters. The number of halogens is 1. The van der Waals surface area contributed by atoms with Gasteiger partial charge in [-0.05, 0) is 28.8 Å². The summed E-state index contributed by atoms with van der Waals surface area (Å²) in [5.74, 6) is -2.74. The Morgan fingerprint density at radius 1 is 1.29 bits per heavy atom. The number of para-hydroxylation sites is 1. The Kier molecular flexibility index (Phi) is 5.59. The molecule has 1 aliphatic heterocycles. The number of hydrogen-bond acceptors (Lipinski definition) is 5. The van der Waals surface area contributed by atoms with Crippen LogP contribution in [0.1, 0.15) is 24.0 Å². The van der Waals surface area contributed by atoms with Crippen molar-refractivity contribution in [1.29, 1.82) is 0 Å². The summed E-state index contributed by atoms with van der Waals surface area (Å²) in [6.07, 6.45) is 3.31. The van der Waals surface area contributed by atoms with E-state index in [1.807, 2.05) is 6.92 Å². The molecule has 0 aromatic heterocycles. The average Bonchev–Trinajstić information content (AvgIpc) is 3.47. The fourth-order valence-corrected chi connectivity index (χ4v) is 5.91. The molecule has 0 spiro atoms. The average molecular weight is 447 g/mol. The highest BCUT2D eigenvalue weighted by atomic mass is 32.2. The quantitative estimate of drug-likeness (QED) is 0.478. The van der Waals surface area contributed by atoms with E-state index in [-0.39, 0.29) is 17.1 Å². The van der Waals surface area contributed by atoms with Gasteiger partial charge in [0, 0.05) is 23.9 Å². The molecule has 1 unspecified atom stereocenters. The lowest BCUT2D eigenvalue weighted by Gasteiger charge is -2.22. The fraction of sp³-hybridized carbons (Fsp3) is 0.318. The van der Waals surface area contributed by atoms with Gasteiger partial charge < -0.3 is 15.2 Å². The van der Waals surface area contributed by atoms with Gasteiger partial charge in [-0.3, -0.25) is 4.79 Å². The van der Waals surface area contributed by atoms with Gasteiger partial charge in [0.2, 0.25) is 0 Å². The van der Waals surface area contributed by atoms with Crippen molar-refractivity contribution in [1.82, 2.24) is 9.84 Å². The number of aliphatic carboxylic acids is 1. The van der Waals surface area contributed by atoms with Crippen LogP contribution in [0.15, 0.2) is 59.5 Å². The first-order chi connectivity index (χ1) is 14.9. The number of carboxylic acids is 1. The van der Waals surface area contributed by atoms with Gasteiger partial charge >= 0.3 is 5.97 Å². The van der Waals surface area contributed by atoms with Gasteiger partial charge in [-0.2, -0.15) is 0 Å². The van der Waals surface area contributed by atoms with Crippen LogP contribution in [0.25, 0.3) is 6.08 Å². The Balaban J connectivity index is 1.73. The molecule has 2 aromatic rings. The van der Waals surface area contributed by atoms with Crippen LogP contribution in [0, 0.1) is 5.92 Å². The van der Waals surface area contributed by atoms with E-state index in [0.29, 0.717) is 17.9 Å². The number of likely N-dealkylation sites (N-methyl/N-ethyl adjacent to an activating group) is 1. The third-order valence-electron chi connectivity index (χ3n) is 5.86. The summed E-state index contributed by atoms with van der Waals surface area (Å²) in [5.41, 5.74) is -1.46. The first kappa shape index (κ1) is 21.5. The van der Waals surface area contributed by atoms with E-state index in [1.54, 1.807) is 48.6 Å². The molecule has 1 aliphatic carbocycles. The fourth-order valence-electron chi connectivity index (χ4n) is 4.33. The van der Waals surface area contributed by atoms with E-state index >= 15 is 4.48 Å². The van der Waals surface area contributed by atoms with Crippen molar-refractivity contribution in [3.05, 3.63) is 65.7 Å². The number of carboxylic acid groups (broad SMARTS) is 1. The van der Waals surface area contributed by atoms with Crippen LogP contribution in [-0.4, -0.2) is 49.3 Å². The smallest absolute Gasteiger partial charge is 0.329 e. The van der Waals surface area contributed by atoms with Crippen LogP contribution in [-0.2, 0) is 14.8 Å². The molecule has 2 N–H and O–H groups in total. The van der Waals surface area contributed by atoms with E-state index in [0.717, 1.165) is 6.54 Å². The Labute approximate surface area is 180 Å². The maximum atomic E-state index is 15.7. The Morgan fingerprint density at radius 3 is 2.74 bits per heavy atom. The summed E-state index contributed by atoms with van der Waals surface area (Å²) in [5, 5.41) is 13.1. The lowest BCUT2D eigenvalue weighted by Crippen LogP contribution is -2.45. The van der Waals surface area contributed by atoms with Gasteiger partial charge in [0.1, 0.15) is 5.75 Å². The van der Waals surface area contributed by atoms with E-state index in [1.165, 1.54) is 12.1 Å². The predicted molar refractivity (Wildman–Crippen MR) is 113 cm³/mol. The van der Waals surface area contributed by atoms with Crippen LogP contribution in [0.4, 0.5) is 4.48 Å². The van der Waals surface area contributed by atoms with E-state index in [9.17, 15) is 18.3 Å². The third-order valence-corrected chi connectivity index (χ3v) is 7.51. The SMILES string of the molecule is CCNC/C=C\c1ccccc1S(=O)(=O)N(F)C1(C(=O)O)[C@H]2COc3ccccc3[C@@H]21. The van der Waals surface area contributed by atoms with Crippen LogP contribution < -0.4 is 10.1 Å². The zero-order valence-electron chi connectivity index (χ0n) is 16.9. The molecule has 4 rings (SSSR count). The van der Waals surface area contributed by atoms with E-state index in [2.05, 4.69) is 5.32 Å². The number of nitrogens with one attached hydrogen (secondary N) is 1. The molecule has 0 radical (unpaired) electrons. The topological polar surface area (TPSA) is 95.9 Å². The highest BCUT2D eigenvalue weighted by molar-refractivity contribution is 7.89. The predicted octanol–water partition coefficient (Wildman–Crippen LogP) is 2.81. The number of rotatable bonds is 8. The summed E-state index contributed by atoms with van der Waals surface area (Å²) in [7, 11) is -4.75. The second-order valence-corrected chi connectivity index (χ2v) is 9.24. The maximum absolute atomic E-state index is 15.7. The van der Waals surface area contributed by atoms with Crippen molar-refractivity contribution in [3.63, 3.8) is 0 Å². The molecule has 7 nitrogen and oxygen atoms in total. The van der Waals surface area contributed by atoms with Crippen molar-refractivity contribution in [3.8, 4) is 5.75 Å². The minimum absolute atomic E-state index is 0.0752. The first-order valence-corrected chi connectivity index (χ1v) is 11.4. The number of sulfonamides is 1. The number of ether oxygens (including phenoxy) is 1. The number of fused-ring (bicyclic) bond motifs is 3. The molecular weight excluding hydrogens is 423 g/mol. The summed E-state index contributed by atoms with van der Waals surface area (Å²) >= 11 is 0. The van der Waals surface area contributed by atoms with Crippen LogP contribution in [0.2, 0.25) is 0 Å². The van der Waals surface area contributed by atoms with Crippen molar-refractivity contribution in [2.24, 2.45) is 5.92 Å². The minimum atomic E-state index is -4.75. The van der Waals surface area contributed by atoms with Gasteiger partial charge in [0.15, 0.2) is 5.54 Å². The van der Waals surface area contributed by atoms with Gasteiger partial charge in [0.05, 0.1) is 11.5 Å². The van der Waals surface area contributed by atoms with Crippen molar-refractivity contribution in [2.75, 3.05) is 19.7 Å². The molecule has 2 aliphatic rings. The highest BCUT2D eigenvalue weighted by Gasteiger charge is 2.79. The first-order valence-electron chi connectivity index (χ1n) is 9.99. The van der Waals surface area contributed by atoms with Gasteiger partial charge in [-0.25, -0.2) is 8.42 Å². The molecular formula is C22H23FN2O5S. The molecule has 1 heterocycles. The highest BCUT2D eigenvalue weighted by Crippen LogP contribution is 2.66. The second-order valence-electron chi connectivity index (χ2n) is 7.53. The summed E-state index contributed by atoms with van der Waals surface area (Å²) in [4.78, 5) is 12.0. The van der Waals surface area contributed by atoms with Gasteiger partial charge in [-0.15, -0.1) is 4.48 Å². The van der Waals surface area contributed by atoms with Gasteiger partial charge in [-0.1, -0.05) is 55.5 Å². The monoisotopic (exact) mass is 446 g/mol. The van der Waals surface area contributed by atoms with Crippen LogP contribution in [0.3, 0.4) is 0 Å². The molecule has 164 valence electrons. The zero-order chi connectivity index (χ0) is 22.2. The summed E-state index contributed by atoms with van der Waals surface area (Å²) < 4.78 is 47.4. The van der Waals surface area contributed by atoms with Crippen LogP contribution in [0.5, 0.6) is 5.75 Å². The van der Waals surface area contributed by atoms with Gasteiger partial charge in [0.25, 0.3) is 10.0 Å². The lowest BCUT2D eigenvalue weighted by atomic mass is 10.0. The van der Waals surface area contributed by atoms with Crippen molar-refractivity contribution in [2.45, 2.75) is 23.3 Å². The number of carbonyl (C=O) groups is 1. The van der Waals surface area contributed by atoms with Crippen LogP contribution >= 0.6 is 0 Å². The number of benzene rings is 2. The molecule has 2 aromatic carbocycles. The Morgan fingerprint density at radius 2 is 2.00 bits per heavy atom. The van der Waals surface area contributed by atoms with Crippen molar-refractivity contribution < 1.29 is 27.5 Å². The van der Waals surface area contributed by atoms with Crippen molar-refractivity contribution >= 4 is 22.1 Å². The summed E-state index contributed by atoms with van der Waals surface area (Å²) in [6.45, 7) is 3.13. The Bertz CT molecular complexity index is 1140. The largest absolute Gasteiger partial charge is 0.493 e. The minimum Gasteiger partial charge on any atom is -0.493 e. The maximum Gasteiger partial charge on any atom is 0.329 e. The molecule has 0 amide bonds.